The Kier molecular flexibility index (Phi) is 5.88. The van der Waals surface area contributed by atoms with Gasteiger partial charge in [0, 0.05) is 27.6 Å². The van der Waals surface area contributed by atoms with Gasteiger partial charge < -0.3 is 5.73 Å². The lowest BCUT2D eigenvalue weighted by molar-refractivity contribution is 0.100. The van der Waals surface area contributed by atoms with E-state index in [-0.39, 0.29) is 0 Å². The van der Waals surface area contributed by atoms with Crippen molar-refractivity contribution < 1.29 is 4.79 Å². The molecule has 5 nitrogen and oxygen atoms in total. The smallest absolute Gasteiger partial charge is 0.248 e. The second kappa shape index (κ2) is 8.73. The second-order valence-corrected chi connectivity index (χ2v) is 8.22. The first kappa shape index (κ1) is 20.2. The van der Waals surface area contributed by atoms with Crippen molar-refractivity contribution in [1.29, 1.82) is 0 Å². The number of thioether (sulfide) groups is 1. The van der Waals surface area contributed by atoms with E-state index in [0.717, 1.165) is 33.4 Å². The molecule has 0 saturated heterocycles. The molecule has 30 heavy (non-hydrogen) atoms. The fourth-order valence-electron chi connectivity index (χ4n) is 3.06. The average Bonchev–Trinajstić information content (AvgIpc) is 3.17. The molecule has 1 heterocycles. The lowest BCUT2D eigenvalue weighted by Gasteiger charge is -2.11. The van der Waals surface area contributed by atoms with Crippen LogP contribution in [-0.4, -0.2) is 20.7 Å². The monoisotopic (exact) mass is 434 g/mol. The summed E-state index contributed by atoms with van der Waals surface area (Å²) in [6.07, 6.45) is 0. The number of carbonyl (C=O) groups excluding carboxylic acids is 1. The molecule has 0 unspecified atom stereocenters. The molecular formula is C23H19ClN4OS. The Balaban J connectivity index is 1.69. The Hall–Kier alpha value is -3.09. The summed E-state index contributed by atoms with van der Waals surface area (Å²) in [5.74, 6) is 1.01. The first-order valence-corrected chi connectivity index (χ1v) is 10.7. The van der Waals surface area contributed by atoms with Crippen molar-refractivity contribution in [3.05, 3.63) is 94.5 Å². The molecule has 4 rings (SSSR count). The van der Waals surface area contributed by atoms with Crippen molar-refractivity contribution in [2.24, 2.45) is 5.73 Å². The SMILES string of the molecule is Cc1cccc(-n2c(SCc3ccc(C(N)=O)cc3)nnc2-c2ccc(Cl)cc2)c1. The molecule has 0 aliphatic carbocycles. The number of halogens is 1. The molecule has 0 aliphatic rings. The molecular weight excluding hydrogens is 416 g/mol. The first-order chi connectivity index (χ1) is 14.5. The van der Waals surface area contributed by atoms with Gasteiger partial charge in [-0.2, -0.15) is 0 Å². The molecule has 0 fully saturated rings. The van der Waals surface area contributed by atoms with Crippen molar-refractivity contribution in [2.75, 3.05) is 0 Å². The Labute approximate surface area is 183 Å². The van der Waals surface area contributed by atoms with Crippen LogP contribution in [0.2, 0.25) is 5.02 Å². The van der Waals surface area contributed by atoms with Crippen LogP contribution in [0, 0.1) is 6.92 Å². The van der Waals surface area contributed by atoms with E-state index in [1.807, 2.05) is 48.5 Å². The van der Waals surface area contributed by atoms with Crippen LogP contribution in [0.3, 0.4) is 0 Å². The Morgan fingerprint density at radius 2 is 1.77 bits per heavy atom. The van der Waals surface area contributed by atoms with Crippen molar-refractivity contribution >= 4 is 29.3 Å². The second-order valence-electron chi connectivity index (χ2n) is 6.84. The number of amides is 1. The standard InChI is InChI=1S/C23H19ClN4OS/c1-15-3-2-4-20(13-15)28-22(18-9-11-19(24)12-10-18)26-27-23(28)30-14-16-5-7-17(8-6-16)21(25)29/h2-13H,14H2,1H3,(H2,25,29). The van der Waals surface area contributed by atoms with Gasteiger partial charge in [-0.15, -0.1) is 10.2 Å². The molecule has 3 aromatic carbocycles. The summed E-state index contributed by atoms with van der Waals surface area (Å²) in [7, 11) is 0. The maximum atomic E-state index is 11.3. The van der Waals surface area contributed by atoms with E-state index in [0.29, 0.717) is 16.3 Å². The molecule has 4 aromatic rings. The van der Waals surface area contributed by atoms with Gasteiger partial charge in [0.15, 0.2) is 11.0 Å². The van der Waals surface area contributed by atoms with E-state index in [2.05, 4.69) is 33.8 Å². The number of benzene rings is 3. The third-order valence-electron chi connectivity index (χ3n) is 4.60. The third-order valence-corrected chi connectivity index (χ3v) is 5.85. The molecule has 1 aromatic heterocycles. The number of nitrogens with two attached hydrogens (primary N) is 1. The van der Waals surface area contributed by atoms with Gasteiger partial charge in [0.25, 0.3) is 0 Å². The van der Waals surface area contributed by atoms with E-state index in [4.69, 9.17) is 17.3 Å². The van der Waals surface area contributed by atoms with Crippen LogP contribution in [0.5, 0.6) is 0 Å². The zero-order valence-corrected chi connectivity index (χ0v) is 17.8. The van der Waals surface area contributed by atoms with Crippen molar-refractivity contribution in [3.63, 3.8) is 0 Å². The molecule has 150 valence electrons. The Bertz CT molecular complexity index is 1190. The van der Waals surface area contributed by atoms with Crippen LogP contribution in [-0.2, 0) is 5.75 Å². The maximum absolute atomic E-state index is 11.3. The van der Waals surface area contributed by atoms with E-state index in [1.165, 1.54) is 0 Å². The van der Waals surface area contributed by atoms with E-state index in [9.17, 15) is 4.79 Å². The zero-order valence-electron chi connectivity index (χ0n) is 16.2. The number of primary amides is 1. The van der Waals surface area contributed by atoms with Crippen LogP contribution < -0.4 is 5.73 Å². The first-order valence-electron chi connectivity index (χ1n) is 9.31. The van der Waals surface area contributed by atoms with Crippen LogP contribution in [0.25, 0.3) is 17.1 Å². The van der Waals surface area contributed by atoms with Crippen LogP contribution >= 0.6 is 23.4 Å². The van der Waals surface area contributed by atoms with Crippen molar-refractivity contribution in [2.45, 2.75) is 17.8 Å². The summed E-state index contributed by atoms with van der Waals surface area (Å²) < 4.78 is 2.05. The molecule has 0 radical (unpaired) electrons. The highest BCUT2D eigenvalue weighted by Gasteiger charge is 2.16. The summed E-state index contributed by atoms with van der Waals surface area (Å²) in [5.41, 5.74) is 9.97. The van der Waals surface area contributed by atoms with E-state index < -0.39 is 5.91 Å². The molecule has 0 atom stereocenters. The largest absolute Gasteiger partial charge is 0.366 e. The fourth-order valence-corrected chi connectivity index (χ4v) is 4.10. The van der Waals surface area contributed by atoms with Crippen LogP contribution in [0.1, 0.15) is 21.5 Å². The highest BCUT2D eigenvalue weighted by molar-refractivity contribution is 7.98. The highest BCUT2D eigenvalue weighted by atomic mass is 35.5. The molecule has 0 bridgehead atoms. The molecule has 0 saturated carbocycles. The molecule has 7 heteroatoms. The van der Waals surface area contributed by atoms with E-state index >= 15 is 0 Å². The third kappa shape index (κ3) is 4.40. The number of hydrogen-bond donors (Lipinski definition) is 1. The maximum Gasteiger partial charge on any atom is 0.248 e. The van der Waals surface area contributed by atoms with Gasteiger partial charge >= 0.3 is 0 Å². The minimum absolute atomic E-state index is 0.430. The number of hydrogen-bond acceptors (Lipinski definition) is 4. The van der Waals surface area contributed by atoms with Gasteiger partial charge in [0.2, 0.25) is 5.91 Å². The quantitative estimate of drug-likeness (QED) is 0.418. The predicted molar refractivity (Wildman–Crippen MR) is 121 cm³/mol. The topological polar surface area (TPSA) is 73.8 Å². The summed E-state index contributed by atoms with van der Waals surface area (Å²) in [5, 5.41) is 10.4. The lowest BCUT2D eigenvalue weighted by Crippen LogP contribution is -2.10. The molecule has 1 amide bonds. The van der Waals surface area contributed by atoms with Crippen molar-refractivity contribution in [1.82, 2.24) is 14.8 Å². The number of nitrogens with zero attached hydrogens (tertiary/aromatic N) is 3. The van der Waals surface area contributed by atoms with Crippen molar-refractivity contribution in [3.8, 4) is 17.1 Å². The molecule has 2 N–H and O–H groups in total. The molecule has 0 aliphatic heterocycles. The Morgan fingerprint density at radius 3 is 2.43 bits per heavy atom. The highest BCUT2D eigenvalue weighted by Crippen LogP contribution is 2.30. The molecule has 0 spiro atoms. The fraction of sp³-hybridized carbons (Fsp3) is 0.0870. The summed E-state index contributed by atoms with van der Waals surface area (Å²) in [6, 6.07) is 23.1. The number of aryl methyl sites for hydroxylation is 1. The normalized spacial score (nSPS) is 10.9. The predicted octanol–water partition coefficient (Wildman–Crippen LogP) is 5.29. The minimum atomic E-state index is -0.430. The van der Waals surface area contributed by atoms with Crippen LogP contribution in [0.4, 0.5) is 0 Å². The van der Waals surface area contributed by atoms with Gasteiger partial charge in [0.1, 0.15) is 0 Å². The zero-order chi connectivity index (χ0) is 21.1. The summed E-state index contributed by atoms with van der Waals surface area (Å²) in [4.78, 5) is 11.3. The van der Waals surface area contributed by atoms with Gasteiger partial charge in [0.05, 0.1) is 0 Å². The Morgan fingerprint density at radius 1 is 1.03 bits per heavy atom. The summed E-state index contributed by atoms with van der Waals surface area (Å²) in [6.45, 7) is 2.06. The van der Waals surface area contributed by atoms with Gasteiger partial charge in [-0.05, 0) is 66.6 Å². The van der Waals surface area contributed by atoms with Gasteiger partial charge in [-0.3, -0.25) is 9.36 Å². The van der Waals surface area contributed by atoms with E-state index in [1.54, 1.807) is 23.9 Å². The van der Waals surface area contributed by atoms with Crippen LogP contribution in [0.15, 0.2) is 78.0 Å². The average molecular weight is 435 g/mol. The number of carbonyl (C=O) groups is 1. The van der Waals surface area contributed by atoms with Gasteiger partial charge in [-0.25, -0.2) is 0 Å². The summed E-state index contributed by atoms with van der Waals surface area (Å²) >= 11 is 7.64. The number of aromatic nitrogens is 3. The minimum Gasteiger partial charge on any atom is -0.366 e. The number of rotatable bonds is 6. The van der Waals surface area contributed by atoms with Gasteiger partial charge in [-0.1, -0.05) is 47.6 Å². The lowest BCUT2D eigenvalue weighted by atomic mass is 10.1.